The zero-order chi connectivity index (χ0) is 16.2. The number of carbonyl (C=O) groups is 1. The standard InChI is InChI=1S/C16H21NO4S/c1-12-8-9-14(10-15(12)16(18)21-2)22(19,20)17-11-13-6-4-3-5-7-13/h6,8-10,17H,3-5,7,11H2,1-2H3. The minimum atomic E-state index is -3.64. The molecule has 0 amide bonds. The fourth-order valence-electron chi connectivity index (χ4n) is 2.43. The van der Waals surface area contributed by atoms with E-state index in [2.05, 4.69) is 15.5 Å². The highest BCUT2D eigenvalue weighted by Crippen LogP contribution is 2.19. The Morgan fingerprint density at radius 2 is 2.09 bits per heavy atom. The minimum absolute atomic E-state index is 0.0786. The fourth-order valence-corrected chi connectivity index (χ4v) is 3.50. The van der Waals surface area contributed by atoms with E-state index in [0.717, 1.165) is 31.3 Å². The van der Waals surface area contributed by atoms with E-state index in [1.54, 1.807) is 13.0 Å². The smallest absolute Gasteiger partial charge is 0.338 e. The van der Waals surface area contributed by atoms with Crippen LogP contribution in [0.25, 0.3) is 0 Å². The molecule has 120 valence electrons. The van der Waals surface area contributed by atoms with Gasteiger partial charge in [0.25, 0.3) is 0 Å². The number of hydrogen-bond acceptors (Lipinski definition) is 4. The number of aryl methyl sites for hydroxylation is 1. The van der Waals surface area contributed by atoms with Crippen molar-refractivity contribution in [3.05, 3.63) is 41.0 Å². The minimum Gasteiger partial charge on any atom is -0.465 e. The van der Waals surface area contributed by atoms with Crippen molar-refractivity contribution in [2.75, 3.05) is 13.7 Å². The van der Waals surface area contributed by atoms with Crippen LogP contribution in [-0.4, -0.2) is 28.0 Å². The monoisotopic (exact) mass is 323 g/mol. The molecule has 1 aliphatic rings. The van der Waals surface area contributed by atoms with Gasteiger partial charge in [-0.1, -0.05) is 17.7 Å². The first kappa shape index (κ1) is 16.7. The number of carbonyl (C=O) groups excluding carboxylic acids is 1. The Labute approximate surface area is 131 Å². The molecule has 0 bridgehead atoms. The van der Waals surface area contributed by atoms with Crippen LogP contribution < -0.4 is 4.72 Å². The zero-order valence-corrected chi connectivity index (χ0v) is 13.7. The molecule has 0 aromatic heterocycles. The van der Waals surface area contributed by atoms with Crippen LogP contribution >= 0.6 is 0 Å². The number of methoxy groups -OCH3 is 1. The molecule has 1 aromatic carbocycles. The Morgan fingerprint density at radius 1 is 1.32 bits per heavy atom. The summed E-state index contributed by atoms with van der Waals surface area (Å²) in [5.41, 5.74) is 2.07. The molecule has 0 aliphatic heterocycles. The first-order valence-corrected chi connectivity index (χ1v) is 8.79. The van der Waals surface area contributed by atoms with Gasteiger partial charge in [-0.25, -0.2) is 17.9 Å². The number of benzene rings is 1. The highest BCUT2D eigenvalue weighted by atomic mass is 32.2. The van der Waals surface area contributed by atoms with E-state index in [9.17, 15) is 13.2 Å². The lowest BCUT2D eigenvalue weighted by molar-refractivity contribution is 0.0599. The highest BCUT2D eigenvalue weighted by molar-refractivity contribution is 7.89. The number of sulfonamides is 1. The number of allylic oxidation sites excluding steroid dienone is 1. The molecule has 0 unspecified atom stereocenters. The summed E-state index contributed by atoms with van der Waals surface area (Å²) in [5, 5.41) is 0. The zero-order valence-electron chi connectivity index (χ0n) is 12.9. The summed E-state index contributed by atoms with van der Waals surface area (Å²) in [4.78, 5) is 11.8. The second-order valence-corrected chi connectivity index (χ2v) is 7.17. The van der Waals surface area contributed by atoms with Gasteiger partial charge in [0.2, 0.25) is 10.0 Å². The maximum atomic E-state index is 12.4. The first-order valence-electron chi connectivity index (χ1n) is 7.30. The van der Waals surface area contributed by atoms with Crippen LogP contribution in [0, 0.1) is 6.92 Å². The number of ether oxygens (including phenoxy) is 1. The van der Waals surface area contributed by atoms with Crippen molar-refractivity contribution in [3.8, 4) is 0 Å². The number of rotatable bonds is 5. The maximum Gasteiger partial charge on any atom is 0.338 e. The van der Waals surface area contributed by atoms with Gasteiger partial charge in [0.05, 0.1) is 17.6 Å². The summed E-state index contributed by atoms with van der Waals surface area (Å²) >= 11 is 0. The lowest BCUT2D eigenvalue weighted by Gasteiger charge is -2.14. The van der Waals surface area contributed by atoms with E-state index in [-0.39, 0.29) is 10.5 Å². The van der Waals surface area contributed by atoms with Gasteiger partial charge in [-0.2, -0.15) is 0 Å². The van der Waals surface area contributed by atoms with E-state index < -0.39 is 16.0 Å². The lowest BCUT2D eigenvalue weighted by atomic mass is 10.0. The first-order chi connectivity index (χ1) is 10.4. The van der Waals surface area contributed by atoms with Crippen molar-refractivity contribution in [2.24, 2.45) is 0 Å². The third-order valence-electron chi connectivity index (χ3n) is 3.80. The Hall–Kier alpha value is -1.66. The van der Waals surface area contributed by atoms with Gasteiger partial charge in [0.15, 0.2) is 0 Å². The van der Waals surface area contributed by atoms with Gasteiger partial charge < -0.3 is 4.74 Å². The Morgan fingerprint density at radius 3 is 2.73 bits per heavy atom. The second-order valence-electron chi connectivity index (χ2n) is 5.40. The largest absolute Gasteiger partial charge is 0.465 e. The Balaban J connectivity index is 2.18. The van der Waals surface area contributed by atoms with Crippen molar-refractivity contribution in [2.45, 2.75) is 37.5 Å². The van der Waals surface area contributed by atoms with Gasteiger partial charge in [-0.05, 0) is 50.3 Å². The predicted octanol–water partition coefficient (Wildman–Crippen LogP) is 2.56. The molecule has 22 heavy (non-hydrogen) atoms. The van der Waals surface area contributed by atoms with Crippen LogP contribution in [0.2, 0.25) is 0 Å². The molecule has 0 spiro atoms. The third kappa shape index (κ3) is 3.96. The van der Waals surface area contributed by atoms with Gasteiger partial charge in [0.1, 0.15) is 0 Å². The number of esters is 1. The van der Waals surface area contributed by atoms with E-state index in [1.807, 2.05) is 0 Å². The van der Waals surface area contributed by atoms with E-state index in [0.29, 0.717) is 12.1 Å². The molecule has 0 radical (unpaired) electrons. The van der Waals surface area contributed by atoms with Crippen LogP contribution in [0.15, 0.2) is 34.7 Å². The number of nitrogens with one attached hydrogen (secondary N) is 1. The van der Waals surface area contributed by atoms with E-state index in [4.69, 9.17) is 0 Å². The number of hydrogen-bond donors (Lipinski definition) is 1. The van der Waals surface area contributed by atoms with Gasteiger partial charge >= 0.3 is 5.97 Å². The van der Waals surface area contributed by atoms with Crippen molar-refractivity contribution >= 4 is 16.0 Å². The molecule has 0 fully saturated rings. The molecule has 0 atom stereocenters. The van der Waals surface area contributed by atoms with Crippen molar-refractivity contribution in [3.63, 3.8) is 0 Å². The van der Waals surface area contributed by atoms with Crippen LogP contribution in [0.4, 0.5) is 0 Å². The molecule has 1 N–H and O–H groups in total. The Kier molecular flexibility index (Phi) is 5.37. The SMILES string of the molecule is COC(=O)c1cc(S(=O)(=O)NCC2=CCCCC2)ccc1C. The molecular formula is C16H21NO4S. The molecule has 0 saturated heterocycles. The van der Waals surface area contributed by atoms with Crippen LogP contribution in [0.3, 0.4) is 0 Å². The van der Waals surface area contributed by atoms with E-state index >= 15 is 0 Å². The summed E-state index contributed by atoms with van der Waals surface area (Å²) < 4.78 is 32.0. The normalized spacial score (nSPS) is 15.3. The predicted molar refractivity (Wildman–Crippen MR) is 84.3 cm³/mol. The molecule has 2 rings (SSSR count). The van der Waals surface area contributed by atoms with Crippen molar-refractivity contribution in [1.82, 2.24) is 4.72 Å². The quantitative estimate of drug-likeness (QED) is 0.668. The van der Waals surface area contributed by atoms with Gasteiger partial charge in [-0.15, -0.1) is 0 Å². The van der Waals surface area contributed by atoms with Crippen molar-refractivity contribution < 1.29 is 17.9 Å². The molecule has 0 heterocycles. The molecular weight excluding hydrogens is 302 g/mol. The Bertz CT molecular complexity index is 692. The molecule has 0 saturated carbocycles. The topological polar surface area (TPSA) is 72.5 Å². The summed E-state index contributed by atoms with van der Waals surface area (Å²) in [6, 6.07) is 4.47. The average molecular weight is 323 g/mol. The van der Waals surface area contributed by atoms with Crippen molar-refractivity contribution in [1.29, 1.82) is 0 Å². The maximum absolute atomic E-state index is 12.4. The molecule has 5 nitrogen and oxygen atoms in total. The van der Waals surface area contributed by atoms with Crippen LogP contribution in [-0.2, 0) is 14.8 Å². The van der Waals surface area contributed by atoms with Gasteiger partial charge in [-0.3, -0.25) is 0 Å². The summed E-state index contributed by atoms with van der Waals surface area (Å²) in [6.45, 7) is 2.06. The van der Waals surface area contributed by atoms with Crippen LogP contribution in [0.1, 0.15) is 41.6 Å². The second kappa shape index (κ2) is 7.07. The fraction of sp³-hybridized carbons (Fsp3) is 0.438. The average Bonchev–Trinajstić information content (AvgIpc) is 2.53. The summed E-state index contributed by atoms with van der Waals surface area (Å²) in [5.74, 6) is -0.537. The van der Waals surface area contributed by atoms with Crippen LogP contribution in [0.5, 0.6) is 0 Å². The lowest BCUT2D eigenvalue weighted by Crippen LogP contribution is -2.26. The molecule has 1 aromatic rings. The van der Waals surface area contributed by atoms with Gasteiger partial charge in [0, 0.05) is 6.54 Å². The van der Waals surface area contributed by atoms with E-state index in [1.165, 1.54) is 19.2 Å². The molecule has 6 heteroatoms. The highest BCUT2D eigenvalue weighted by Gasteiger charge is 2.18. The third-order valence-corrected chi connectivity index (χ3v) is 5.20. The summed E-state index contributed by atoms with van der Waals surface area (Å²) in [7, 11) is -2.36. The summed E-state index contributed by atoms with van der Waals surface area (Å²) in [6.07, 6.45) is 6.31. The molecule has 1 aliphatic carbocycles.